The molecule has 8 nitrogen and oxygen atoms in total. The number of hydrogen-bond acceptors (Lipinski definition) is 7. The first-order chi connectivity index (χ1) is 15.5. The average molecular weight is 429 g/mol. The number of esters is 1. The van der Waals surface area contributed by atoms with Crippen molar-refractivity contribution >= 4 is 35.5 Å². The lowest BCUT2D eigenvalue weighted by Crippen LogP contribution is -2.46. The molecule has 32 heavy (non-hydrogen) atoms. The summed E-state index contributed by atoms with van der Waals surface area (Å²) in [7, 11) is 1.23. The largest absolute Gasteiger partial charge is 0.465 e. The molecule has 2 aromatic carbocycles. The number of rotatable bonds is 4. The Balaban J connectivity index is 1.60. The van der Waals surface area contributed by atoms with Crippen molar-refractivity contribution in [2.45, 2.75) is 12.1 Å². The van der Waals surface area contributed by atoms with E-state index in [2.05, 4.69) is 5.10 Å². The number of amides is 2. The fourth-order valence-electron chi connectivity index (χ4n) is 4.80. The third-order valence-electron chi connectivity index (χ3n) is 6.17. The predicted molar refractivity (Wildman–Crippen MR) is 115 cm³/mol. The third-order valence-corrected chi connectivity index (χ3v) is 6.17. The molecule has 3 aliphatic rings. The van der Waals surface area contributed by atoms with Crippen molar-refractivity contribution in [1.82, 2.24) is 5.01 Å². The number of carbonyl (C=O) groups excluding carboxylic acids is 4. The first-order valence-electron chi connectivity index (χ1n) is 10.2. The Hall–Kier alpha value is -4.07. The standard InChI is InChI=1S/C24H19N3O5/c1-32-24(31)15-10-5-6-11-16(15)26-22(29)18-17-12-7-13-25-27(17)20(19(18)23(26)30)21(28)14-8-3-2-4-9-14/h2-13,17-20H,1H3/t17-,18+,19+,20-/m0/s1. The van der Waals surface area contributed by atoms with Crippen molar-refractivity contribution in [3.05, 3.63) is 77.9 Å². The van der Waals surface area contributed by atoms with Crippen LogP contribution in [0.25, 0.3) is 0 Å². The van der Waals surface area contributed by atoms with Crippen LogP contribution in [-0.4, -0.2) is 54.0 Å². The SMILES string of the molecule is COC(=O)c1ccccc1N1C(=O)[C@@H]2[C@H](C1=O)[C@@H]1C=CC=NN1[C@@H]2C(=O)c1ccccc1. The number of ether oxygens (including phenoxy) is 1. The molecule has 0 aromatic heterocycles. The molecule has 0 aliphatic carbocycles. The van der Waals surface area contributed by atoms with Crippen LogP contribution >= 0.6 is 0 Å². The highest BCUT2D eigenvalue weighted by Gasteiger charge is 2.64. The minimum absolute atomic E-state index is 0.108. The van der Waals surface area contributed by atoms with Gasteiger partial charge in [0.1, 0.15) is 6.04 Å². The highest BCUT2D eigenvalue weighted by molar-refractivity contribution is 6.26. The first kappa shape index (κ1) is 19.9. The quantitative estimate of drug-likeness (QED) is 0.419. The maximum atomic E-state index is 13.6. The van der Waals surface area contributed by atoms with Crippen molar-refractivity contribution in [3.63, 3.8) is 0 Å². The molecule has 2 aromatic rings. The smallest absolute Gasteiger partial charge is 0.339 e. The molecule has 5 rings (SSSR count). The summed E-state index contributed by atoms with van der Waals surface area (Å²) in [6, 6.07) is 13.5. The number of imide groups is 1. The molecule has 0 saturated carbocycles. The van der Waals surface area contributed by atoms with Gasteiger partial charge < -0.3 is 4.74 Å². The number of Topliss-reactive ketones (excluding diaryl/α,β-unsaturated/α-hetero) is 1. The number of benzene rings is 2. The maximum absolute atomic E-state index is 13.6. The Morgan fingerprint density at radius 2 is 1.62 bits per heavy atom. The number of allylic oxidation sites excluding steroid dienone is 1. The van der Waals surface area contributed by atoms with Crippen LogP contribution < -0.4 is 4.90 Å². The fourth-order valence-corrected chi connectivity index (χ4v) is 4.80. The summed E-state index contributed by atoms with van der Waals surface area (Å²) in [5, 5.41) is 5.89. The van der Waals surface area contributed by atoms with Gasteiger partial charge in [-0.15, -0.1) is 0 Å². The fraction of sp³-hybridized carbons (Fsp3) is 0.208. The minimum Gasteiger partial charge on any atom is -0.465 e. The second-order valence-corrected chi connectivity index (χ2v) is 7.77. The number of ketones is 1. The molecule has 2 saturated heterocycles. The Morgan fingerprint density at radius 1 is 0.938 bits per heavy atom. The van der Waals surface area contributed by atoms with E-state index in [1.54, 1.807) is 65.8 Å². The monoisotopic (exact) mass is 429 g/mol. The van der Waals surface area contributed by atoms with E-state index in [0.29, 0.717) is 5.56 Å². The number of hydrazone groups is 1. The molecule has 3 aliphatic heterocycles. The van der Waals surface area contributed by atoms with E-state index in [1.165, 1.54) is 19.2 Å². The summed E-state index contributed by atoms with van der Waals surface area (Å²) in [6.45, 7) is 0. The zero-order valence-corrected chi connectivity index (χ0v) is 17.1. The van der Waals surface area contributed by atoms with E-state index < -0.39 is 41.7 Å². The van der Waals surface area contributed by atoms with Gasteiger partial charge in [0.15, 0.2) is 5.78 Å². The zero-order valence-electron chi connectivity index (χ0n) is 17.1. The third kappa shape index (κ3) is 2.80. The molecular formula is C24H19N3O5. The van der Waals surface area contributed by atoms with E-state index >= 15 is 0 Å². The Morgan fingerprint density at radius 3 is 2.38 bits per heavy atom. The second kappa shape index (κ2) is 7.56. The molecule has 8 heteroatoms. The highest BCUT2D eigenvalue weighted by Crippen LogP contribution is 2.46. The van der Waals surface area contributed by atoms with Crippen molar-refractivity contribution in [1.29, 1.82) is 0 Å². The molecule has 3 heterocycles. The summed E-state index contributed by atoms with van der Waals surface area (Å²) in [5.74, 6) is -3.63. The average Bonchev–Trinajstić information content (AvgIpc) is 3.31. The molecular weight excluding hydrogens is 410 g/mol. The molecule has 0 bridgehead atoms. The van der Waals surface area contributed by atoms with Gasteiger partial charge in [0.05, 0.1) is 36.2 Å². The number of para-hydroxylation sites is 1. The van der Waals surface area contributed by atoms with Gasteiger partial charge in [-0.3, -0.25) is 19.4 Å². The lowest BCUT2D eigenvalue weighted by atomic mass is 9.86. The van der Waals surface area contributed by atoms with Gasteiger partial charge in [0, 0.05) is 11.8 Å². The van der Waals surface area contributed by atoms with E-state index in [9.17, 15) is 19.2 Å². The molecule has 2 fully saturated rings. The zero-order chi connectivity index (χ0) is 22.4. The summed E-state index contributed by atoms with van der Waals surface area (Å²) in [6.07, 6.45) is 5.03. The lowest BCUT2D eigenvalue weighted by Gasteiger charge is -2.30. The second-order valence-electron chi connectivity index (χ2n) is 7.77. The Kier molecular flexibility index (Phi) is 4.70. The molecule has 0 unspecified atom stereocenters. The van der Waals surface area contributed by atoms with Crippen molar-refractivity contribution in [2.24, 2.45) is 16.9 Å². The Labute approximate surface area is 183 Å². The summed E-state index contributed by atoms with van der Waals surface area (Å²) >= 11 is 0. The number of hydrogen-bond donors (Lipinski definition) is 0. The molecule has 0 N–H and O–H groups in total. The van der Waals surface area contributed by atoms with E-state index in [4.69, 9.17) is 4.74 Å². The van der Waals surface area contributed by atoms with Crippen molar-refractivity contribution in [3.8, 4) is 0 Å². The number of nitrogens with zero attached hydrogens (tertiary/aromatic N) is 3. The van der Waals surface area contributed by atoms with Crippen LogP contribution in [0.1, 0.15) is 20.7 Å². The van der Waals surface area contributed by atoms with Gasteiger partial charge in [0.2, 0.25) is 11.8 Å². The van der Waals surface area contributed by atoms with Gasteiger partial charge >= 0.3 is 5.97 Å². The normalized spacial score (nSPS) is 25.7. The summed E-state index contributed by atoms with van der Waals surface area (Å²) in [4.78, 5) is 54.0. The van der Waals surface area contributed by atoms with Gasteiger partial charge in [-0.25, -0.2) is 9.69 Å². The summed E-state index contributed by atoms with van der Waals surface area (Å²) in [5.41, 5.74) is 0.705. The van der Waals surface area contributed by atoms with Gasteiger partial charge in [-0.1, -0.05) is 48.5 Å². The number of carbonyl (C=O) groups is 4. The molecule has 2 amide bonds. The van der Waals surface area contributed by atoms with Gasteiger partial charge in [-0.05, 0) is 18.2 Å². The van der Waals surface area contributed by atoms with Crippen molar-refractivity contribution in [2.75, 3.05) is 12.0 Å². The van der Waals surface area contributed by atoms with Crippen LogP contribution in [0.4, 0.5) is 5.69 Å². The van der Waals surface area contributed by atoms with Crippen LogP contribution in [0.3, 0.4) is 0 Å². The van der Waals surface area contributed by atoms with Crippen LogP contribution in [-0.2, 0) is 14.3 Å². The topological polar surface area (TPSA) is 96.3 Å². The Bertz CT molecular complexity index is 1190. The van der Waals surface area contributed by atoms with E-state index in [0.717, 1.165) is 4.90 Å². The van der Waals surface area contributed by atoms with E-state index in [-0.39, 0.29) is 17.0 Å². The van der Waals surface area contributed by atoms with Crippen LogP contribution in [0.5, 0.6) is 0 Å². The minimum atomic E-state index is -0.930. The molecule has 160 valence electrons. The molecule has 0 spiro atoms. The number of fused-ring (bicyclic) bond motifs is 3. The maximum Gasteiger partial charge on any atom is 0.339 e. The highest BCUT2D eigenvalue weighted by atomic mass is 16.5. The van der Waals surface area contributed by atoms with Crippen molar-refractivity contribution < 1.29 is 23.9 Å². The van der Waals surface area contributed by atoms with Crippen LogP contribution in [0.2, 0.25) is 0 Å². The van der Waals surface area contributed by atoms with E-state index in [1.807, 2.05) is 0 Å². The number of anilines is 1. The van der Waals surface area contributed by atoms with Gasteiger partial charge in [-0.2, -0.15) is 5.10 Å². The molecule has 0 radical (unpaired) electrons. The van der Waals surface area contributed by atoms with Crippen LogP contribution in [0.15, 0.2) is 71.9 Å². The number of methoxy groups -OCH3 is 1. The van der Waals surface area contributed by atoms with Crippen LogP contribution in [0, 0.1) is 11.8 Å². The lowest BCUT2D eigenvalue weighted by molar-refractivity contribution is -0.123. The summed E-state index contributed by atoms with van der Waals surface area (Å²) < 4.78 is 4.82. The predicted octanol–water partition coefficient (Wildman–Crippen LogP) is 2.07. The van der Waals surface area contributed by atoms with Gasteiger partial charge in [0.25, 0.3) is 0 Å². The first-order valence-corrected chi connectivity index (χ1v) is 10.2. The molecule has 4 atom stereocenters.